The zero-order valence-corrected chi connectivity index (χ0v) is 13.8. The van der Waals surface area contributed by atoms with Crippen LogP contribution in [0.4, 0.5) is 0 Å². The maximum absolute atomic E-state index is 12.1. The number of hydrogen-bond acceptors (Lipinski definition) is 3. The third kappa shape index (κ3) is 3.75. The summed E-state index contributed by atoms with van der Waals surface area (Å²) >= 11 is 0. The number of ether oxygens (including phenoxy) is 1. The van der Waals surface area contributed by atoms with Crippen molar-refractivity contribution in [3.05, 3.63) is 47.5 Å². The number of carboxylic acids is 1. The van der Waals surface area contributed by atoms with E-state index in [1.165, 1.54) is 6.92 Å². The Hall–Kier alpha value is -2.10. The van der Waals surface area contributed by atoms with E-state index in [-0.39, 0.29) is 5.92 Å². The molecule has 1 aromatic carbocycles. The van der Waals surface area contributed by atoms with Gasteiger partial charge in [0.1, 0.15) is 0 Å². The summed E-state index contributed by atoms with van der Waals surface area (Å²) in [5.41, 5.74) is -0.360. The van der Waals surface area contributed by atoms with Crippen LogP contribution in [0.2, 0.25) is 0 Å². The van der Waals surface area contributed by atoms with Crippen molar-refractivity contribution in [2.45, 2.75) is 46.1 Å². The fourth-order valence-electron chi connectivity index (χ4n) is 2.73. The fraction of sp³-hybridized carbons (Fsp3) is 0.444. The van der Waals surface area contributed by atoms with Crippen molar-refractivity contribution in [3.63, 3.8) is 0 Å². The second kappa shape index (κ2) is 7.25. The number of esters is 1. The van der Waals surface area contributed by atoms with Crippen LogP contribution in [0, 0.1) is 5.92 Å². The molecule has 0 spiro atoms. The van der Waals surface area contributed by atoms with Crippen molar-refractivity contribution >= 4 is 11.9 Å². The van der Waals surface area contributed by atoms with Crippen molar-refractivity contribution in [3.8, 4) is 0 Å². The lowest BCUT2D eigenvalue weighted by Gasteiger charge is -2.36. The third-order valence-electron chi connectivity index (χ3n) is 3.70. The van der Waals surface area contributed by atoms with Crippen LogP contribution in [0.5, 0.6) is 0 Å². The predicted molar refractivity (Wildman–Crippen MR) is 85.6 cm³/mol. The van der Waals surface area contributed by atoms with E-state index in [1.54, 1.807) is 13.8 Å². The number of carbonyl (C=O) groups is 2. The zero-order chi connectivity index (χ0) is 16.9. The van der Waals surface area contributed by atoms with Gasteiger partial charge in [0, 0.05) is 12.8 Å². The largest absolute Gasteiger partial charge is 0.478 e. The third-order valence-corrected chi connectivity index (χ3v) is 3.70. The number of carbonyl (C=O) groups excluding carboxylic acids is 1. The molecule has 0 amide bonds. The van der Waals surface area contributed by atoms with E-state index in [9.17, 15) is 14.7 Å². The summed E-state index contributed by atoms with van der Waals surface area (Å²) < 4.78 is 5.37. The van der Waals surface area contributed by atoms with Gasteiger partial charge in [0.2, 0.25) is 5.60 Å². The molecule has 0 saturated heterocycles. The monoisotopic (exact) mass is 304 g/mol. The number of hydrogen-bond donors (Lipinski definition) is 1. The van der Waals surface area contributed by atoms with Crippen molar-refractivity contribution < 1.29 is 19.4 Å². The molecule has 2 unspecified atom stereocenters. The first-order valence-electron chi connectivity index (χ1n) is 7.38. The summed E-state index contributed by atoms with van der Waals surface area (Å²) in [6, 6.07) is 9.23. The highest BCUT2D eigenvalue weighted by molar-refractivity contribution is 5.86. The van der Waals surface area contributed by atoms with E-state index >= 15 is 0 Å². The summed E-state index contributed by atoms with van der Waals surface area (Å²) in [7, 11) is 0. The van der Waals surface area contributed by atoms with E-state index in [0.717, 1.165) is 5.56 Å². The van der Waals surface area contributed by atoms with Gasteiger partial charge >= 0.3 is 11.9 Å². The summed E-state index contributed by atoms with van der Waals surface area (Å²) in [6.45, 7) is 8.62. The summed E-state index contributed by atoms with van der Waals surface area (Å²) in [5, 5.41) is 9.87. The van der Waals surface area contributed by atoms with Crippen LogP contribution >= 0.6 is 0 Å². The lowest BCUT2D eigenvalue weighted by molar-refractivity contribution is -0.175. The van der Waals surface area contributed by atoms with Crippen LogP contribution in [0.3, 0.4) is 0 Å². The van der Waals surface area contributed by atoms with Crippen molar-refractivity contribution in [1.82, 2.24) is 0 Å². The lowest BCUT2D eigenvalue weighted by atomic mass is 9.77. The fourth-order valence-corrected chi connectivity index (χ4v) is 2.73. The van der Waals surface area contributed by atoms with Gasteiger partial charge < -0.3 is 9.84 Å². The molecule has 0 aromatic heterocycles. The summed E-state index contributed by atoms with van der Waals surface area (Å²) in [6.07, 6.45) is 1.83. The Morgan fingerprint density at radius 3 is 2.09 bits per heavy atom. The second-order valence-corrected chi connectivity index (χ2v) is 5.86. The van der Waals surface area contributed by atoms with E-state index in [4.69, 9.17) is 4.74 Å². The lowest BCUT2D eigenvalue weighted by Crippen LogP contribution is -2.48. The van der Waals surface area contributed by atoms with Gasteiger partial charge in [-0.05, 0) is 24.0 Å². The van der Waals surface area contributed by atoms with E-state index in [0.29, 0.717) is 5.57 Å². The van der Waals surface area contributed by atoms with Gasteiger partial charge in [-0.3, -0.25) is 4.79 Å². The molecule has 4 heteroatoms. The minimum atomic E-state index is -1.70. The molecule has 1 N–H and O–H groups in total. The first-order chi connectivity index (χ1) is 10.2. The molecule has 0 aliphatic heterocycles. The average molecular weight is 304 g/mol. The van der Waals surface area contributed by atoms with Crippen LogP contribution in [0.1, 0.15) is 46.1 Å². The molecule has 0 saturated carbocycles. The predicted octanol–water partition coefficient (Wildman–Crippen LogP) is 3.78. The molecule has 0 aliphatic rings. The number of aliphatic carboxylic acids is 1. The number of carboxylic acid groups (broad SMARTS) is 1. The molecular weight excluding hydrogens is 280 g/mol. The maximum Gasteiger partial charge on any atom is 0.353 e. The number of allylic oxidation sites excluding steroid dienone is 1. The Labute approximate surface area is 131 Å². The molecule has 4 nitrogen and oxygen atoms in total. The normalized spacial score (nSPS) is 16.0. The van der Waals surface area contributed by atoms with Gasteiger partial charge in [-0.1, -0.05) is 57.2 Å². The Morgan fingerprint density at radius 1 is 1.14 bits per heavy atom. The Bertz CT molecular complexity index is 560. The Balaban J connectivity index is 3.49. The zero-order valence-electron chi connectivity index (χ0n) is 13.8. The van der Waals surface area contributed by atoms with Gasteiger partial charge in [-0.15, -0.1) is 0 Å². The van der Waals surface area contributed by atoms with Crippen molar-refractivity contribution in [1.29, 1.82) is 0 Å². The quantitative estimate of drug-likeness (QED) is 0.641. The molecule has 120 valence electrons. The highest BCUT2D eigenvalue weighted by Gasteiger charge is 2.49. The molecular formula is C18H24O4. The van der Waals surface area contributed by atoms with Gasteiger partial charge in [-0.2, -0.15) is 0 Å². The minimum absolute atomic E-state index is 0.150. The first kappa shape index (κ1) is 18.0. The molecule has 1 aromatic rings. The standard InChI is InChI=1S/C18H24O4/c1-12(2)11-13(3)18(17(20)21,22-15(5)19)14(4)16-9-7-6-8-10-16/h6-12,14H,1-5H3,(H,20,21). The summed E-state index contributed by atoms with van der Waals surface area (Å²) in [5.74, 6) is -2.13. The van der Waals surface area contributed by atoms with Crippen LogP contribution < -0.4 is 0 Å². The highest BCUT2D eigenvalue weighted by Crippen LogP contribution is 2.38. The number of rotatable bonds is 6. The molecule has 0 fully saturated rings. The van der Waals surface area contributed by atoms with E-state index < -0.39 is 23.5 Å². The van der Waals surface area contributed by atoms with Crippen LogP contribution in [-0.4, -0.2) is 22.6 Å². The topological polar surface area (TPSA) is 63.6 Å². The van der Waals surface area contributed by atoms with Crippen molar-refractivity contribution in [2.75, 3.05) is 0 Å². The molecule has 22 heavy (non-hydrogen) atoms. The van der Waals surface area contributed by atoms with Gasteiger partial charge in [0.05, 0.1) is 0 Å². The molecule has 0 aliphatic carbocycles. The van der Waals surface area contributed by atoms with Crippen LogP contribution in [-0.2, 0) is 14.3 Å². The van der Waals surface area contributed by atoms with Crippen LogP contribution in [0.25, 0.3) is 0 Å². The summed E-state index contributed by atoms with van der Waals surface area (Å²) in [4.78, 5) is 23.7. The smallest absolute Gasteiger partial charge is 0.353 e. The molecule has 0 radical (unpaired) electrons. The van der Waals surface area contributed by atoms with Gasteiger partial charge in [-0.25, -0.2) is 4.79 Å². The molecule has 0 heterocycles. The van der Waals surface area contributed by atoms with E-state index in [2.05, 4.69) is 0 Å². The maximum atomic E-state index is 12.1. The number of benzene rings is 1. The Morgan fingerprint density at radius 2 is 1.68 bits per heavy atom. The first-order valence-corrected chi connectivity index (χ1v) is 7.38. The second-order valence-electron chi connectivity index (χ2n) is 5.86. The van der Waals surface area contributed by atoms with Crippen molar-refractivity contribution in [2.24, 2.45) is 5.92 Å². The molecule has 0 bridgehead atoms. The highest BCUT2D eigenvalue weighted by atomic mass is 16.6. The Kier molecular flexibility index (Phi) is 5.92. The average Bonchev–Trinajstić information content (AvgIpc) is 2.43. The van der Waals surface area contributed by atoms with Gasteiger partial charge in [0.25, 0.3) is 0 Å². The van der Waals surface area contributed by atoms with Gasteiger partial charge in [0.15, 0.2) is 0 Å². The minimum Gasteiger partial charge on any atom is -0.478 e. The van der Waals surface area contributed by atoms with Crippen LogP contribution in [0.15, 0.2) is 42.0 Å². The SMILES string of the molecule is CC(=O)OC(C(=O)O)(C(C)=CC(C)C)C(C)c1ccccc1. The molecule has 2 atom stereocenters. The molecule has 1 rings (SSSR count). The van der Waals surface area contributed by atoms with E-state index in [1.807, 2.05) is 50.3 Å².